The smallest absolute Gasteiger partial charge is 0.142 e. The Hall–Kier alpha value is -0.150. The van der Waals surface area contributed by atoms with Crippen molar-refractivity contribution in [3.63, 3.8) is 0 Å². The SMILES string of the molecule is CCCc1nsc(CC(Cl)C(C)C)n1. The van der Waals surface area contributed by atoms with Gasteiger partial charge in [0.05, 0.1) is 0 Å². The van der Waals surface area contributed by atoms with Gasteiger partial charge in [0, 0.05) is 18.2 Å². The van der Waals surface area contributed by atoms with Crippen LogP contribution in [0.5, 0.6) is 0 Å². The molecular weight excluding hydrogens is 216 g/mol. The summed E-state index contributed by atoms with van der Waals surface area (Å²) in [7, 11) is 0. The van der Waals surface area contributed by atoms with Crippen LogP contribution >= 0.6 is 23.1 Å². The van der Waals surface area contributed by atoms with E-state index < -0.39 is 0 Å². The van der Waals surface area contributed by atoms with E-state index in [1.165, 1.54) is 11.5 Å². The maximum Gasteiger partial charge on any atom is 0.142 e. The minimum Gasteiger partial charge on any atom is -0.225 e. The van der Waals surface area contributed by atoms with Crippen LogP contribution in [0.1, 0.15) is 38.0 Å². The summed E-state index contributed by atoms with van der Waals surface area (Å²) in [6, 6.07) is 0. The van der Waals surface area contributed by atoms with E-state index in [-0.39, 0.29) is 5.38 Å². The molecule has 0 radical (unpaired) electrons. The van der Waals surface area contributed by atoms with E-state index in [1.807, 2.05) is 0 Å². The Morgan fingerprint density at radius 1 is 1.43 bits per heavy atom. The molecule has 1 heterocycles. The maximum atomic E-state index is 6.18. The van der Waals surface area contributed by atoms with Gasteiger partial charge in [-0.25, -0.2) is 4.98 Å². The van der Waals surface area contributed by atoms with Crippen molar-refractivity contribution in [2.24, 2.45) is 5.92 Å². The van der Waals surface area contributed by atoms with E-state index in [0.717, 1.165) is 30.1 Å². The molecule has 0 aliphatic rings. The van der Waals surface area contributed by atoms with E-state index in [2.05, 4.69) is 30.1 Å². The third-order valence-corrected chi connectivity index (χ3v) is 3.51. The Labute approximate surface area is 94.9 Å². The Balaban J connectivity index is 2.50. The van der Waals surface area contributed by atoms with Crippen molar-refractivity contribution in [1.82, 2.24) is 9.36 Å². The van der Waals surface area contributed by atoms with Crippen molar-refractivity contribution >= 4 is 23.1 Å². The van der Waals surface area contributed by atoms with Crippen LogP contribution in [0.4, 0.5) is 0 Å². The first kappa shape index (κ1) is 11.9. The second-order valence-electron chi connectivity index (χ2n) is 3.82. The van der Waals surface area contributed by atoms with Crippen LogP contribution in [-0.2, 0) is 12.8 Å². The molecule has 0 fully saturated rings. The summed E-state index contributed by atoms with van der Waals surface area (Å²) in [6.07, 6.45) is 2.93. The topological polar surface area (TPSA) is 25.8 Å². The molecule has 1 atom stereocenters. The average molecular weight is 233 g/mol. The van der Waals surface area contributed by atoms with Crippen molar-refractivity contribution in [2.45, 2.75) is 45.4 Å². The third-order valence-electron chi connectivity index (χ3n) is 2.08. The van der Waals surface area contributed by atoms with Crippen LogP contribution in [0.3, 0.4) is 0 Å². The fourth-order valence-corrected chi connectivity index (χ4v) is 2.08. The molecule has 2 nitrogen and oxygen atoms in total. The lowest BCUT2D eigenvalue weighted by Gasteiger charge is -2.10. The van der Waals surface area contributed by atoms with Gasteiger partial charge in [-0.2, -0.15) is 4.37 Å². The molecule has 0 N–H and O–H groups in total. The molecule has 0 aromatic carbocycles. The maximum absolute atomic E-state index is 6.18. The molecule has 0 aliphatic heterocycles. The highest BCUT2D eigenvalue weighted by atomic mass is 35.5. The minimum atomic E-state index is 0.178. The molecule has 1 rings (SSSR count). The molecule has 1 aromatic rings. The number of hydrogen-bond donors (Lipinski definition) is 0. The molecule has 1 aromatic heterocycles. The first-order valence-electron chi connectivity index (χ1n) is 5.09. The van der Waals surface area contributed by atoms with Crippen LogP contribution < -0.4 is 0 Å². The number of hydrogen-bond acceptors (Lipinski definition) is 3. The minimum absolute atomic E-state index is 0.178. The summed E-state index contributed by atoms with van der Waals surface area (Å²) >= 11 is 7.67. The monoisotopic (exact) mass is 232 g/mol. The summed E-state index contributed by atoms with van der Waals surface area (Å²) in [5.74, 6) is 1.47. The van der Waals surface area contributed by atoms with E-state index in [0.29, 0.717) is 5.92 Å². The van der Waals surface area contributed by atoms with Crippen LogP contribution in [0.15, 0.2) is 0 Å². The van der Waals surface area contributed by atoms with Crippen LogP contribution in [0.25, 0.3) is 0 Å². The molecule has 1 unspecified atom stereocenters. The summed E-state index contributed by atoms with van der Waals surface area (Å²) in [5.41, 5.74) is 0. The summed E-state index contributed by atoms with van der Waals surface area (Å²) < 4.78 is 4.29. The van der Waals surface area contributed by atoms with Crippen molar-refractivity contribution in [2.75, 3.05) is 0 Å². The van der Waals surface area contributed by atoms with Crippen molar-refractivity contribution in [3.8, 4) is 0 Å². The first-order valence-corrected chi connectivity index (χ1v) is 6.30. The molecule has 0 saturated carbocycles. The standard InChI is InChI=1S/C10H17ClN2S/c1-4-5-9-12-10(14-13-9)6-8(11)7(2)3/h7-8H,4-6H2,1-3H3. The van der Waals surface area contributed by atoms with Crippen molar-refractivity contribution in [3.05, 3.63) is 10.8 Å². The number of rotatable bonds is 5. The Morgan fingerprint density at radius 3 is 2.71 bits per heavy atom. The van der Waals surface area contributed by atoms with Crippen molar-refractivity contribution < 1.29 is 0 Å². The van der Waals surface area contributed by atoms with Gasteiger partial charge in [0.25, 0.3) is 0 Å². The second kappa shape index (κ2) is 5.66. The van der Waals surface area contributed by atoms with Crippen molar-refractivity contribution in [1.29, 1.82) is 0 Å². The predicted molar refractivity (Wildman–Crippen MR) is 62.1 cm³/mol. The fourth-order valence-electron chi connectivity index (χ4n) is 1.10. The molecule has 4 heteroatoms. The van der Waals surface area contributed by atoms with Crippen LogP contribution in [0, 0.1) is 5.92 Å². The Bertz CT molecular complexity index is 273. The molecule has 0 spiro atoms. The number of nitrogens with zero attached hydrogens (tertiary/aromatic N) is 2. The zero-order valence-electron chi connectivity index (χ0n) is 8.96. The number of halogens is 1. The molecule has 14 heavy (non-hydrogen) atoms. The highest BCUT2D eigenvalue weighted by molar-refractivity contribution is 7.05. The van der Waals surface area contributed by atoms with Gasteiger partial charge in [-0.15, -0.1) is 11.6 Å². The summed E-state index contributed by atoms with van der Waals surface area (Å²) in [6.45, 7) is 6.40. The van der Waals surface area contributed by atoms with Gasteiger partial charge in [-0.3, -0.25) is 0 Å². The van der Waals surface area contributed by atoms with E-state index in [9.17, 15) is 0 Å². The summed E-state index contributed by atoms with van der Waals surface area (Å²) in [4.78, 5) is 4.45. The molecule has 0 bridgehead atoms. The van der Waals surface area contributed by atoms with E-state index in [1.54, 1.807) is 0 Å². The molecule has 0 aliphatic carbocycles. The number of aryl methyl sites for hydroxylation is 1. The fraction of sp³-hybridized carbons (Fsp3) is 0.800. The average Bonchev–Trinajstić information content (AvgIpc) is 2.53. The number of alkyl halides is 1. The lowest BCUT2D eigenvalue weighted by atomic mass is 10.1. The first-order chi connectivity index (χ1) is 6.63. The summed E-state index contributed by atoms with van der Waals surface area (Å²) in [5, 5.41) is 1.25. The van der Waals surface area contributed by atoms with Crippen LogP contribution in [0.2, 0.25) is 0 Å². The Kier molecular flexibility index (Phi) is 4.82. The van der Waals surface area contributed by atoms with Gasteiger partial charge >= 0.3 is 0 Å². The molecular formula is C10H17ClN2S. The Morgan fingerprint density at radius 2 is 2.14 bits per heavy atom. The largest absolute Gasteiger partial charge is 0.225 e. The molecule has 0 saturated heterocycles. The van der Waals surface area contributed by atoms with E-state index >= 15 is 0 Å². The van der Waals surface area contributed by atoms with Gasteiger partial charge < -0.3 is 0 Å². The quantitative estimate of drug-likeness (QED) is 0.728. The zero-order chi connectivity index (χ0) is 10.6. The predicted octanol–water partition coefficient (Wildman–Crippen LogP) is 3.30. The van der Waals surface area contributed by atoms with Crippen LogP contribution in [-0.4, -0.2) is 14.7 Å². The number of aromatic nitrogens is 2. The lowest BCUT2D eigenvalue weighted by Crippen LogP contribution is -2.10. The highest BCUT2D eigenvalue weighted by Gasteiger charge is 2.13. The van der Waals surface area contributed by atoms with Gasteiger partial charge in [-0.1, -0.05) is 20.8 Å². The zero-order valence-corrected chi connectivity index (χ0v) is 10.5. The van der Waals surface area contributed by atoms with E-state index in [4.69, 9.17) is 11.6 Å². The van der Waals surface area contributed by atoms with Gasteiger partial charge in [0.15, 0.2) is 0 Å². The third kappa shape index (κ3) is 3.54. The van der Waals surface area contributed by atoms with Gasteiger partial charge in [0.2, 0.25) is 0 Å². The normalized spacial score (nSPS) is 13.5. The molecule has 0 amide bonds. The van der Waals surface area contributed by atoms with Gasteiger partial charge in [0.1, 0.15) is 10.8 Å². The second-order valence-corrected chi connectivity index (χ2v) is 5.22. The lowest BCUT2D eigenvalue weighted by molar-refractivity contribution is 0.594. The van der Waals surface area contributed by atoms with Gasteiger partial charge in [-0.05, 0) is 23.9 Å². The highest BCUT2D eigenvalue weighted by Crippen LogP contribution is 2.17. The molecule has 80 valence electrons.